The highest BCUT2D eigenvalue weighted by atomic mass is 79.9. The smallest absolute Gasteiger partial charge is 0.276 e. The summed E-state index contributed by atoms with van der Waals surface area (Å²) in [4.78, 5) is 20.0. The molecule has 7 heteroatoms. The monoisotopic (exact) mass is 312 g/mol. The van der Waals surface area contributed by atoms with Crippen molar-refractivity contribution in [3.8, 4) is 0 Å². The number of halogens is 1. The van der Waals surface area contributed by atoms with E-state index in [1.54, 1.807) is 23.7 Å². The molecule has 0 atom stereocenters. The van der Waals surface area contributed by atoms with Crippen LogP contribution in [0.5, 0.6) is 0 Å². The van der Waals surface area contributed by atoms with Gasteiger partial charge in [-0.1, -0.05) is 0 Å². The average molecular weight is 313 g/mol. The fraction of sp³-hybridized carbons (Fsp3) is 0.100. The van der Waals surface area contributed by atoms with Gasteiger partial charge < -0.3 is 11.1 Å². The zero-order valence-electron chi connectivity index (χ0n) is 8.68. The Morgan fingerprint density at radius 2 is 2.41 bits per heavy atom. The molecule has 5 nitrogen and oxygen atoms in total. The molecule has 0 aliphatic rings. The first-order valence-corrected chi connectivity index (χ1v) is 6.44. The van der Waals surface area contributed by atoms with Crippen molar-refractivity contribution < 1.29 is 4.79 Å². The molecule has 2 rings (SSSR count). The van der Waals surface area contributed by atoms with E-state index in [0.717, 1.165) is 9.48 Å². The van der Waals surface area contributed by atoms with Crippen molar-refractivity contribution >= 4 is 39.0 Å². The molecule has 0 spiro atoms. The minimum atomic E-state index is -0.291. The number of nitrogens with one attached hydrogen (secondary N) is 1. The van der Waals surface area contributed by atoms with Gasteiger partial charge >= 0.3 is 0 Å². The highest BCUT2D eigenvalue weighted by Gasteiger charge is 2.12. The highest BCUT2D eigenvalue weighted by Crippen LogP contribution is 2.19. The van der Waals surface area contributed by atoms with Crippen molar-refractivity contribution in [2.45, 2.75) is 6.54 Å². The van der Waals surface area contributed by atoms with Crippen LogP contribution in [0.15, 0.2) is 28.2 Å². The fourth-order valence-corrected chi connectivity index (χ4v) is 2.17. The van der Waals surface area contributed by atoms with Crippen LogP contribution < -0.4 is 11.1 Å². The van der Waals surface area contributed by atoms with Gasteiger partial charge in [0.15, 0.2) is 0 Å². The Morgan fingerprint density at radius 1 is 1.59 bits per heavy atom. The van der Waals surface area contributed by atoms with Crippen molar-refractivity contribution in [3.05, 3.63) is 38.9 Å². The molecular formula is C10H9BrN4OS. The van der Waals surface area contributed by atoms with Crippen LogP contribution in [0.25, 0.3) is 0 Å². The second-order valence-corrected chi connectivity index (χ2v) is 4.92. The molecule has 3 N–H and O–H groups in total. The number of amides is 1. The van der Waals surface area contributed by atoms with E-state index < -0.39 is 0 Å². The summed E-state index contributed by atoms with van der Waals surface area (Å²) in [6.07, 6.45) is 1.60. The van der Waals surface area contributed by atoms with Gasteiger partial charge in [-0.05, 0) is 28.1 Å². The number of anilines is 1. The standard InChI is InChI=1S/C10H9BrN4OS/c11-6-2-1-3-13-9(6)15-10(16)7-5-17-8(4-12)14-7/h1-3,5H,4,12H2,(H,13,15,16). The van der Waals surface area contributed by atoms with Crippen molar-refractivity contribution in [3.63, 3.8) is 0 Å². The molecule has 0 aromatic carbocycles. The van der Waals surface area contributed by atoms with Gasteiger partial charge in [-0.3, -0.25) is 4.79 Å². The molecular weight excluding hydrogens is 304 g/mol. The summed E-state index contributed by atoms with van der Waals surface area (Å²) >= 11 is 4.66. The third-order valence-electron chi connectivity index (χ3n) is 1.95. The van der Waals surface area contributed by atoms with E-state index in [2.05, 4.69) is 31.2 Å². The van der Waals surface area contributed by atoms with Gasteiger partial charge in [-0.2, -0.15) is 0 Å². The van der Waals surface area contributed by atoms with E-state index in [1.165, 1.54) is 11.3 Å². The summed E-state index contributed by atoms with van der Waals surface area (Å²) < 4.78 is 0.725. The van der Waals surface area contributed by atoms with E-state index in [4.69, 9.17) is 5.73 Å². The lowest BCUT2D eigenvalue weighted by molar-refractivity contribution is 0.102. The van der Waals surface area contributed by atoms with Crippen LogP contribution in [-0.4, -0.2) is 15.9 Å². The summed E-state index contributed by atoms with van der Waals surface area (Å²) in [5.41, 5.74) is 5.79. The lowest BCUT2D eigenvalue weighted by Crippen LogP contribution is -2.14. The molecule has 17 heavy (non-hydrogen) atoms. The lowest BCUT2D eigenvalue weighted by Gasteiger charge is -2.03. The number of pyridine rings is 1. The molecule has 0 fully saturated rings. The first-order chi connectivity index (χ1) is 8.20. The van der Waals surface area contributed by atoms with E-state index >= 15 is 0 Å². The molecule has 0 unspecified atom stereocenters. The zero-order valence-corrected chi connectivity index (χ0v) is 11.1. The topological polar surface area (TPSA) is 80.9 Å². The normalized spacial score (nSPS) is 10.2. The van der Waals surface area contributed by atoms with Gasteiger partial charge in [0.1, 0.15) is 16.5 Å². The van der Waals surface area contributed by atoms with Gasteiger partial charge in [-0.15, -0.1) is 11.3 Å². The molecule has 1 amide bonds. The Morgan fingerprint density at radius 3 is 3.06 bits per heavy atom. The maximum atomic E-state index is 11.8. The Bertz CT molecular complexity index is 543. The predicted molar refractivity (Wildman–Crippen MR) is 69.9 cm³/mol. The van der Waals surface area contributed by atoms with Crippen molar-refractivity contribution in [2.24, 2.45) is 5.73 Å². The minimum absolute atomic E-state index is 0.291. The first-order valence-electron chi connectivity index (χ1n) is 4.77. The van der Waals surface area contributed by atoms with Crippen LogP contribution in [0.4, 0.5) is 5.82 Å². The number of hydrogen-bond acceptors (Lipinski definition) is 5. The summed E-state index contributed by atoms with van der Waals surface area (Å²) in [5.74, 6) is 0.181. The lowest BCUT2D eigenvalue weighted by atomic mass is 10.4. The summed E-state index contributed by atoms with van der Waals surface area (Å²) in [7, 11) is 0. The third-order valence-corrected chi connectivity index (χ3v) is 3.46. The molecule has 0 saturated carbocycles. The van der Waals surface area contributed by atoms with Crippen LogP contribution in [0.2, 0.25) is 0 Å². The van der Waals surface area contributed by atoms with Gasteiger partial charge in [0, 0.05) is 18.1 Å². The maximum Gasteiger partial charge on any atom is 0.276 e. The number of nitrogens with two attached hydrogens (primary N) is 1. The molecule has 0 aliphatic carbocycles. The molecule has 2 aromatic heterocycles. The second-order valence-electron chi connectivity index (χ2n) is 3.12. The van der Waals surface area contributed by atoms with E-state index in [1.807, 2.05) is 0 Å². The Hall–Kier alpha value is -1.31. The SMILES string of the molecule is NCc1nc(C(=O)Nc2ncccc2Br)cs1. The quantitative estimate of drug-likeness (QED) is 0.908. The predicted octanol–water partition coefficient (Wildman–Crippen LogP) is 2.01. The average Bonchev–Trinajstić information content (AvgIpc) is 2.81. The molecule has 0 bridgehead atoms. The third kappa shape index (κ3) is 2.87. The zero-order chi connectivity index (χ0) is 12.3. The molecule has 2 aromatic rings. The van der Waals surface area contributed by atoms with E-state index in [0.29, 0.717) is 18.1 Å². The van der Waals surface area contributed by atoms with Crippen molar-refractivity contribution in [1.29, 1.82) is 0 Å². The number of carbonyl (C=O) groups excluding carboxylic acids is 1. The molecule has 88 valence electrons. The van der Waals surface area contributed by atoms with Crippen molar-refractivity contribution in [2.75, 3.05) is 5.32 Å². The van der Waals surface area contributed by atoms with Crippen molar-refractivity contribution in [1.82, 2.24) is 9.97 Å². The summed E-state index contributed by atoms with van der Waals surface area (Å²) in [5, 5.41) is 5.08. The molecule has 0 aliphatic heterocycles. The summed E-state index contributed by atoms with van der Waals surface area (Å²) in [6.45, 7) is 0.339. The fourth-order valence-electron chi connectivity index (χ4n) is 1.16. The minimum Gasteiger partial charge on any atom is -0.325 e. The Labute approximate surface area is 110 Å². The maximum absolute atomic E-state index is 11.8. The van der Waals surface area contributed by atoms with Gasteiger partial charge in [0.05, 0.1) is 4.47 Å². The summed E-state index contributed by atoms with van der Waals surface area (Å²) in [6, 6.07) is 3.57. The van der Waals surface area contributed by atoms with Gasteiger partial charge in [-0.25, -0.2) is 9.97 Å². The Balaban J connectivity index is 2.14. The number of thiazole rings is 1. The molecule has 0 radical (unpaired) electrons. The van der Waals surface area contributed by atoms with Gasteiger partial charge in [0.25, 0.3) is 5.91 Å². The largest absolute Gasteiger partial charge is 0.325 e. The second kappa shape index (κ2) is 5.35. The number of hydrogen-bond donors (Lipinski definition) is 2. The number of rotatable bonds is 3. The van der Waals surface area contributed by atoms with Crippen LogP contribution in [-0.2, 0) is 6.54 Å². The van der Waals surface area contributed by atoms with Crippen LogP contribution in [0, 0.1) is 0 Å². The van der Waals surface area contributed by atoms with Gasteiger partial charge in [0.2, 0.25) is 0 Å². The van der Waals surface area contributed by atoms with Crippen LogP contribution >= 0.6 is 27.3 Å². The molecule has 0 saturated heterocycles. The first kappa shape index (κ1) is 12.2. The Kier molecular flexibility index (Phi) is 3.82. The van der Waals surface area contributed by atoms with Crippen LogP contribution in [0.1, 0.15) is 15.5 Å². The molecule has 2 heterocycles. The number of carbonyl (C=O) groups is 1. The van der Waals surface area contributed by atoms with E-state index in [9.17, 15) is 4.79 Å². The van der Waals surface area contributed by atoms with Crippen LogP contribution in [0.3, 0.4) is 0 Å². The highest BCUT2D eigenvalue weighted by molar-refractivity contribution is 9.10. The number of nitrogens with zero attached hydrogens (tertiary/aromatic N) is 2. The van der Waals surface area contributed by atoms with E-state index in [-0.39, 0.29) is 5.91 Å². The number of aromatic nitrogens is 2.